The highest BCUT2D eigenvalue weighted by molar-refractivity contribution is 5.77. The van der Waals surface area contributed by atoms with Gasteiger partial charge in [-0.2, -0.15) is 0 Å². The molecular weight excluding hydrogens is 336 g/mol. The first-order valence-electron chi connectivity index (χ1n) is 8.74. The summed E-state index contributed by atoms with van der Waals surface area (Å²) >= 11 is 0. The van der Waals surface area contributed by atoms with Gasteiger partial charge in [-0.25, -0.2) is 4.79 Å². The van der Waals surface area contributed by atoms with Crippen molar-refractivity contribution >= 4 is 12.0 Å². The number of nitrogens with zero attached hydrogens (tertiary/aromatic N) is 1. The highest BCUT2D eigenvalue weighted by atomic mass is 16.6. The van der Waals surface area contributed by atoms with Crippen LogP contribution in [0.25, 0.3) is 0 Å². The molecule has 1 heterocycles. The van der Waals surface area contributed by atoms with Gasteiger partial charge in [-0.3, -0.25) is 4.79 Å². The molecular formula is C19H28N2O5. The van der Waals surface area contributed by atoms with Crippen LogP contribution in [-0.2, 0) is 9.53 Å². The Kier molecular flexibility index (Phi) is 6.47. The molecule has 1 saturated heterocycles. The van der Waals surface area contributed by atoms with Crippen LogP contribution in [0.3, 0.4) is 0 Å². The number of carbonyl (C=O) groups is 2. The van der Waals surface area contributed by atoms with E-state index in [9.17, 15) is 14.7 Å². The molecule has 0 radical (unpaired) electrons. The van der Waals surface area contributed by atoms with Gasteiger partial charge in [0, 0.05) is 25.4 Å². The molecule has 2 amide bonds. The maximum atomic E-state index is 12.3. The normalized spacial score (nSPS) is 15.8. The largest absolute Gasteiger partial charge is 0.497 e. The second kappa shape index (κ2) is 8.40. The molecule has 7 heteroatoms. The van der Waals surface area contributed by atoms with Crippen LogP contribution in [0.4, 0.5) is 4.79 Å². The Morgan fingerprint density at radius 1 is 1.35 bits per heavy atom. The molecule has 1 fully saturated rings. The molecule has 0 aliphatic carbocycles. The minimum Gasteiger partial charge on any atom is -0.497 e. The summed E-state index contributed by atoms with van der Waals surface area (Å²) in [6, 6.07) is 6.75. The van der Waals surface area contributed by atoms with E-state index in [1.165, 1.54) is 0 Å². The Morgan fingerprint density at radius 2 is 2.04 bits per heavy atom. The molecule has 0 unspecified atom stereocenters. The molecule has 0 bridgehead atoms. The maximum Gasteiger partial charge on any atom is 0.410 e. The van der Waals surface area contributed by atoms with E-state index in [2.05, 4.69) is 5.32 Å². The highest BCUT2D eigenvalue weighted by Gasteiger charge is 2.35. The minimum absolute atomic E-state index is 0.104. The monoisotopic (exact) mass is 364 g/mol. The third-order valence-corrected chi connectivity index (χ3v) is 4.10. The first-order valence-corrected chi connectivity index (χ1v) is 8.74. The first kappa shape index (κ1) is 20.0. The maximum absolute atomic E-state index is 12.3. The SMILES string of the molecule is COc1cccc([C@H](CO)NC(=O)CC2CN(C(=O)OC(C)(C)C)C2)c1. The Labute approximate surface area is 154 Å². The van der Waals surface area contributed by atoms with Crippen molar-refractivity contribution in [3.8, 4) is 5.75 Å². The van der Waals surface area contributed by atoms with Gasteiger partial charge in [0.25, 0.3) is 0 Å². The van der Waals surface area contributed by atoms with Gasteiger partial charge < -0.3 is 24.8 Å². The predicted octanol–water partition coefficient (Wildman–Crippen LogP) is 2.10. The van der Waals surface area contributed by atoms with Gasteiger partial charge in [0.2, 0.25) is 5.91 Å². The van der Waals surface area contributed by atoms with Gasteiger partial charge >= 0.3 is 6.09 Å². The topological polar surface area (TPSA) is 88.1 Å². The van der Waals surface area contributed by atoms with E-state index in [4.69, 9.17) is 9.47 Å². The lowest BCUT2D eigenvalue weighted by atomic mass is 9.96. The summed E-state index contributed by atoms with van der Waals surface area (Å²) < 4.78 is 10.5. The van der Waals surface area contributed by atoms with Crippen molar-refractivity contribution in [2.45, 2.75) is 38.8 Å². The summed E-state index contributed by atoms with van der Waals surface area (Å²) in [4.78, 5) is 25.8. The smallest absolute Gasteiger partial charge is 0.410 e. The molecule has 1 aromatic carbocycles. The lowest BCUT2D eigenvalue weighted by molar-refractivity contribution is -0.124. The van der Waals surface area contributed by atoms with E-state index in [1.54, 1.807) is 24.1 Å². The number of ether oxygens (including phenoxy) is 2. The van der Waals surface area contributed by atoms with Gasteiger partial charge in [-0.1, -0.05) is 12.1 Å². The zero-order valence-corrected chi connectivity index (χ0v) is 15.8. The van der Waals surface area contributed by atoms with Crippen LogP contribution >= 0.6 is 0 Å². The molecule has 7 nitrogen and oxygen atoms in total. The number of amides is 2. The fraction of sp³-hybridized carbons (Fsp3) is 0.579. The molecule has 2 rings (SSSR count). The molecule has 144 valence electrons. The number of nitrogens with one attached hydrogen (secondary N) is 1. The number of rotatable bonds is 6. The number of likely N-dealkylation sites (tertiary alicyclic amines) is 1. The average Bonchev–Trinajstić information content (AvgIpc) is 2.53. The summed E-state index contributed by atoms with van der Waals surface area (Å²) in [5.41, 5.74) is 0.258. The molecule has 1 aliphatic rings. The van der Waals surface area contributed by atoms with E-state index < -0.39 is 11.6 Å². The molecule has 26 heavy (non-hydrogen) atoms. The van der Waals surface area contributed by atoms with Crippen LogP contribution < -0.4 is 10.1 Å². The van der Waals surface area contributed by atoms with E-state index in [0.29, 0.717) is 25.3 Å². The standard InChI is InChI=1S/C19H28N2O5/c1-19(2,3)26-18(24)21-10-13(11-21)8-17(23)20-16(12-22)14-6-5-7-15(9-14)25-4/h5-7,9,13,16,22H,8,10-12H2,1-4H3,(H,20,23)/t16-/m0/s1. The minimum atomic E-state index is -0.523. The number of carbonyl (C=O) groups excluding carboxylic acids is 2. The second-order valence-corrected chi connectivity index (χ2v) is 7.53. The second-order valence-electron chi connectivity index (χ2n) is 7.53. The molecule has 1 aliphatic heterocycles. The number of benzene rings is 1. The van der Waals surface area contributed by atoms with Crippen molar-refractivity contribution in [2.75, 3.05) is 26.8 Å². The van der Waals surface area contributed by atoms with Gasteiger partial charge in [0.05, 0.1) is 19.8 Å². The Hall–Kier alpha value is -2.28. The molecule has 0 aromatic heterocycles. The highest BCUT2D eigenvalue weighted by Crippen LogP contribution is 2.23. The van der Waals surface area contributed by atoms with Crippen molar-refractivity contribution < 1.29 is 24.2 Å². The van der Waals surface area contributed by atoms with E-state index >= 15 is 0 Å². The van der Waals surface area contributed by atoms with Crippen LogP contribution in [0.15, 0.2) is 24.3 Å². The van der Waals surface area contributed by atoms with Crippen molar-refractivity contribution in [2.24, 2.45) is 5.92 Å². The number of hydrogen-bond acceptors (Lipinski definition) is 5. The van der Waals surface area contributed by atoms with Crippen LogP contribution in [0.1, 0.15) is 38.8 Å². The zero-order chi connectivity index (χ0) is 19.3. The lowest BCUT2D eigenvalue weighted by Gasteiger charge is -2.39. The number of hydrogen-bond donors (Lipinski definition) is 2. The fourth-order valence-corrected chi connectivity index (χ4v) is 2.78. The summed E-state index contributed by atoms with van der Waals surface area (Å²) in [5.74, 6) is 0.620. The van der Waals surface area contributed by atoms with Crippen molar-refractivity contribution in [1.29, 1.82) is 0 Å². The van der Waals surface area contributed by atoms with Crippen LogP contribution in [0.5, 0.6) is 5.75 Å². The Bertz CT molecular complexity index is 635. The van der Waals surface area contributed by atoms with E-state index in [-0.39, 0.29) is 24.5 Å². The molecule has 1 aromatic rings. The lowest BCUT2D eigenvalue weighted by Crippen LogP contribution is -2.52. The molecule has 2 N–H and O–H groups in total. The number of aliphatic hydroxyl groups is 1. The van der Waals surface area contributed by atoms with Gasteiger partial charge in [0.1, 0.15) is 11.4 Å². The van der Waals surface area contributed by atoms with Crippen LogP contribution in [0, 0.1) is 5.92 Å². The van der Waals surface area contributed by atoms with Gasteiger partial charge in [0.15, 0.2) is 0 Å². The number of methoxy groups -OCH3 is 1. The van der Waals surface area contributed by atoms with Crippen molar-refractivity contribution in [3.63, 3.8) is 0 Å². The summed E-state index contributed by atoms with van der Waals surface area (Å²) in [6.07, 6.45) is -0.0430. The summed E-state index contributed by atoms with van der Waals surface area (Å²) in [7, 11) is 1.57. The summed E-state index contributed by atoms with van der Waals surface area (Å²) in [5, 5.41) is 12.4. The van der Waals surface area contributed by atoms with E-state index in [0.717, 1.165) is 5.56 Å². The van der Waals surface area contributed by atoms with Crippen LogP contribution in [-0.4, -0.2) is 54.4 Å². The third-order valence-electron chi connectivity index (χ3n) is 4.10. The van der Waals surface area contributed by atoms with Crippen molar-refractivity contribution in [1.82, 2.24) is 10.2 Å². The van der Waals surface area contributed by atoms with Crippen molar-refractivity contribution in [3.05, 3.63) is 29.8 Å². The van der Waals surface area contributed by atoms with Crippen LogP contribution in [0.2, 0.25) is 0 Å². The first-order chi connectivity index (χ1) is 12.2. The quantitative estimate of drug-likeness (QED) is 0.807. The predicted molar refractivity (Wildman–Crippen MR) is 96.9 cm³/mol. The molecule has 0 saturated carbocycles. The van der Waals surface area contributed by atoms with E-state index in [1.807, 2.05) is 32.9 Å². The summed E-state index contributed by atoms with van der Waals surface area (Å²) in [6.45, 7) is 6.28. The Morgan fingerprint density at radius 3 is 2.62 bits per heavy atom. The average molecular weight is 364 g/mol. The molecule has 0 spiro atoms. The zero-order valence-electron chi connectivity index (χ0n) is 15.8. The Balaban J connectivity index is 1.80. The number of aliphatic hydroxyl groups excluding tert-OH is 1. The third kappa shape index (κ3) is 5.62. The molecule has 1 atom stereocenters. The fourth-order valence-electron chi connectivity index (χ4n) is 2.78. The van der Waals surface area contributed by atoms with Gasteiger partial charge in [-0.15, -0.1) is 0 Å². The van der Waals surface area contributed by atoms with Gasteiger partial charge in [-0.05, 0) is 38.5 Å².